The molecule has 1 aromatic carbocycles. The summed E-state index contributed by atoms with van der Waals surface area (Å²) in [6, 6.07) is 10.7. The predicted octanol–water partition coefficient (Wildman–Crippen LogP) is 3.43. The summed E-state index contributed by atoms with van der Waals surface area (Å²) in [6.07, 6.45) is 2.94. The van der Waals surface area contributed by atoms with E-state index in [4.69, 9.17) is 10.7 Å². The van der Waals surface area contributed by atoms with Gasteiger partial charge in [-0.15, -0.1) is 0 Å². The molecule has 2 N–H and O–H groups in total. The largest absolute Gasteiger partial charge is 0.330 e. The zero-order valence-electron chi connectivity index (χ0n) is 12.9. The summed E-state index contributed by atoms with van der Waals surface area (Å²) in [5, 5.41) is 0. The highest BCUT2D eigenvalue weighted by atomic mass is 15.0. The molecule has 0 aliphatic rings. The Bertz CT molecular complexity index is 800. The molecule has 0 amide bonds. The van der Waals surface area contributed by atoms with Gasteiger partial charge in [0.05, 0.1) is 11.4 Å². The lowest BCUT2D eigenvalue weighted by molar-refractivity contribution is 0.939. The molecule has 108 valence electrons. The number of rotatable bonds is 3. The second-order valence-electron chi connectivity index (χ2n) is 5.70. The van der Waals surface area contributed by atoms with Gasteiger partial charge in [-0.3, -0.25) is 4.40 Å². The molecule has 3 nitrogen and oxygen atoms in total. The van der Waals surface area contributed by atoms with Gasteiger partial charge >= 0.3 is 0 Å². The molecule has 0 unspecified atom stereocenters. The van der Waals surface area contributed by atoms with Crippen molar-refractivity contribution < 1.29 is 0 Å². The summed E-state index contributed by atoms with van der Waals surface area (Å²) in [7, 11) is 0. The minimum Gasteiger partial charge on any atom is -0.330 e. The van der Waals surface area contributed by atoms with Crippen LogP contribution in [0.15, 0.2) is 36.5 Å². The van der Waals surface area contributed by atoms with Gasteiger partial charge in [-0.25, -0.2) is 4.98 Å². The van der Waals surface area contributed by atoms with E-state index < -0.39 is 0 Å². The van der Waals surface area contributed by atoms with Crippen molar-refractivity contribution in [1.29, 1.82) is 0 Å². The average Bonchev–Trinajstić information content (AvgIpc) is 2.77. The van der Waals surface area contributed by atoms with E-state index in [0.29, 0.717) is 6.54 Å². The highest BCUT2D eigenvalue weighted by Gasteiger charge is 2.15. The van der Waals surface area contributed by atoms with Crippen LogP contribution in [0.2, 0.25) is 0 Å². The zero-order valence-corrected chi connectivity index (χ0v) is 12.9. The molecule has 2 aromatic heterocycles. The smallest absolute Gasteiger partial charge is 0.137 e. The first-order chi connectivity index (χ1) is 10.1. The molecule has 3 heteroatoms. The summed E-state index contributed by atoms with van der Waals surface area (Å²) in [4.78, 5) is 4.77. The lowest BCUT2D eigenvalue weighted by atomic mass is 10.0. The zero-order chi connectivity index (χ0) is 15.0. The van der Waals surface area contributed by atoms with E-state index in [1.165, 1.54) is 27.9 Å². The quantitative estimate of drug-likeness (QED) is 0.798. The molecule has 21 heavy (non-hydrogen) atoms. The molecule has 0 spiro atoms. The molecular formula is C18H21N3. The normalized spacial score (nSPS) is 11.2. The third-order valence-electron chi connectivity index (χ3n) is 3.86. The molecule has 0 radical (unpaired) electrons. The number of nitrogens with two attached hydrogens (primary N) is 1. The molecule has 0 aliphatic heterocycles. The van der Waals surface area contributed by atoms with Crippen LogP contribution in [0.4, 0.5) is 0 Å². The first kappa shape index (κ1) is 13.8. The SMILES string of the molecule is Cc1ccc(-c2c(CCN)nc3ccc(C)cn23)c(C)c1. The number of hydrogen-bond acceptors (Lipinski definition) is 2. The topological polar surface area (TPSA) is 43.3 Å². The Hall–Kier alpha value is -2.13. The van der Waals surface area contributed by atoms with Crippen LogP contribution in [-0.4, -0.2) is 15.9 Å². The Balaban J connectivity index is 2.32. The van der Waals surface area contributed by atoms with Gasteiger partial charge in [0.15, 0.2) is 0 Å². The van der Waals surface area contributed by atoms with Crippen molar-refractivity contribution in [3.8, 4) is 11.3 Å². The van der Waals surface area contributed by atoms with Crippen LogP contribution >= 0.6 is 0 Å². The number of imidazole rings is 1. The number of fused-ring (bicyclic) bond motifs is 1. The fourth-order valence-electron chi connectivity index (χ4n) is 2.88. The highest BCUT2D eigenvalue weighted by molar-refractivity contribution is 5.70. The summed E-state index contributed by atoms with van der Waals surface area (Å²) < 4.78 is 2.19. The van der Waals surface area contributed by atoms with Crippen molar-refractivity contribution in [2.75, 3.05) is 6.54 Å². The van der Waals surface area contributed by atoms with Gasteiger partial charge in [0, 0.05) is 18.2 Å². The van der Waals surface area contributed by atoms with E-state index in [1.54, 1.807) is 0 Å². The van der Waals surface area contributed by atoms with Crippen LogP contribution in [0.25, 0.3) is 16.9 Å². The maximum Gasteiger partial charge on any atom is 0.137 e. The highest BCUT2D eigenvalue weighted by Crippen LogP contribution is 2.29. The van der Waals surface area contributed by atoms with Crippen molar-refractivity contribution in [3.63, 3.8) is 0 Å². The molecular weight excluding hydrogens is 258 g/mol. The molecule has 3 rings (SSSR count). The van der Waals surface area contributed by atoms with Crippen molar-refractivity contribution in [2.45, 2.75) is 27.2 Å². The predicted molar refractivity (Wildman–Crippen MR) is 87.6 cm³/mol. The molecule has 0 saturated carbocycles. The van der Waals surface area contributed by atoms with Gasteiger partial charge in [-0.1, -0.05) is 29.8 Å². The first-order valence-corrected chi connectivity index (χ1v) is 7.35. The summed E-state index contributed by atoms with van der Waals surface area (Å²) >= 11 is 0. The van der Waals surface area contributed by atoms with Crippen LogP contribution in [0, 0.1) is 20.8 Å². The Morgan fingerprint density at radius 2 is 1.81 bits per heavy atom. The molecule has 0 atom stereocenters. The van der Waals surface area contributed by atoms with Gasteiger partial charge in [0.2, 0.25) is 0 Å². The Morgan fingerprint density at radius 1 is 1.05 bits per heavy atom. The van der Waals surface area contributed by atoms with Gasteiger partial charge in [0.1, 0.15) is 5.65 Å². The van der Waals surface area contributed by atoms with E-state index in [0.717, 1.165) is 17.8 Å². The van der Waals surface area contributed by atoms with E-state index in [9.17, 15) is 0 Å². The fraction of sp³-hybridized carbons (Fsp3) is 0.278. The van der Waals surface area contributed by atoms with E-state index in [-0.39, 0.29) is 0 Å². The number of aromatic nitrogens is 2. The number of benzene rings is 1. The standard InChI is InChI=1S/C18H21N3/c1-12-4-6-15(14(3)10-12)18-16(8-9-19)20-17-7-5-13(2)11-21(17)18/h4-7,10-11H,8-9,19H2,1-3H3. The summed E-state index contributed by atoms with van der Waals surface area (Å²) in [5.41, 5.74) is 14.0. The van der Waals surface area contributed by atoms with Gasteiger partial charge in [-0.2, -0.15) is 0 Å². The van der Waals surface area contributed by atoms with Gasteiger partial charge < -0.3 is 5.73 Å². The summed E-state index contributed by atoms with van der Waals surface area (Å²) in [5.74, 6) is 0. The molecule has 0 saturated heterocycles. The van der Waals surface area contributed by atoms with Gasteiger partial charge in [-0.05, 0) is 44.5 Å². The minimum atomic E-state index is 0.612. The van der Waals surface area contributed by atoms with Crippen molar-refractivity contribution in [3.05, 3.63) is 58.9 Å². The van der Waals surface area contributed by atoms with Crippen LogP contribution in [0.5, 0.6) is 0 Å². The lowest BCUT2D eigenvalue weighted by Gasteiger charge is -2.10. The molecule has 0 bridgehead atoms. The lowest BCUT2D eigenvalue weighted by Crippen LogP contribution is -2.04. The van der Waals surface area contributed by atoms with Gasteiger partial charge in [0.25, 0.3) is 0 Å². The number of aryl methyl sites for hydroxylation is 3. The Labute approximate surface area is 125 Å². The fourth-order valence-corrected chi connectivity index (χ4v) is 2.88. The minimum absolute atomic E-state index is 0.612. The molecule has 0 aliphatic carbocycles. The van der Waals surface area contributed by atoms with E-state index in [1.807, 2.05) is 0 Å². The number of pyridine rings is 1. The molecule has 2 heterocycles. The number of hydrogen-bond donors (Lipinski definition) is 1. The summed E-state index contributed by atoms with van der Waals surface area (Å²) in [6.45, 7) is 6.99. The van der Waals surface area contributed by atoms with Crippen molar-refractivity contribution in [1.82, 2.24) is 9.38 Å². The van der Waals surface area contributed by atoms with Crippen LogP contribution in [0.1, 0.15) is 22.4 Å². The first-order valence-electron chi connectivity index (χ1n) is 7.35. The third-order valence-corrected chi connectivity index (χ3v) is 3.86. The molecule has 0 fully saturated rings. The second-order valence-corrected chi connectivity index (χ2v) is 5.70. The average molecular weight is 279 g/mol. The maximum absolute atomic E-state index is 5.77. The second kappa shape index (κ2) is 5.34. The van der Waals surface area contributed by atoms with Crippen LogP contribution in [0.3, 0.4) is 0 Å². The van der Waals surface area contributed by atoms with Crippen LogP contribution in [-0.2, 0) is 6.42 Å². The number of nitrogens with zero attached hydrogens (tertiary/aromatic N) is 2. The van der Waals surface area contributed by atoms with Crippen molar-refractivity contribution in [2.24, 2.45) is 5.73 Å². The molecule has 3 aromatic rings. The Morgan fingerprint density at radius 3 is 2.52 bits per heavy atom. The third kappa shape index (κ3) is 2.45. The van der Waals surface area contributed by atoms with E-state index in [2.05, 4.69) is 61.7 Å². The van der Waals surface area contributed by atoms with Crippen LogP contribution < -0.4 is 5.73 Å². The van der Waals surface area contributed by atoms with Crippen molar-refractivity contribution >= 4 is 5.65 Å². The van der Waals surface area contributed by atoms with E-state index >= 15 is 0 Å². The maximum atomic E-state index is 5.77. The monoisotopic (exact) mass is 279 g/mol. The Kier molecular flexibility index (Phi) is 3.52.